The number of halogens is 3. The van der Waals surface area contributed by atoms with Crippen LogP contribution in [0.5, 0.6) is 11.5 Å². The SMILES string of the molecule is CCOc1cc(C(Nc2ccc(C(=N)N)cc2)C(=O)NNC(=O)c2ccncc2F)ccc1OC(C)CN(C)C.FSF. The van der Waals surface area contributed by atoms with Crippen molar-refractivity contribution in [3.63, 3.8) is 0 Å². The zero-order chi connectivity index (χ0) is 31.9. The molecule has 2 amide bonds. The average Bonchev–Trinajstić information content (AvgIpc) is 2.96. The minimum atomic E-state index is -1.25. The summed E-state index contributed by atoms with van der Waals surface area (Å²) in [7, 11) is 3.90. The molecule has 11 nitrogen and oxygen atoms in total. The Kier molecular flexibility index (Phi) is 14.1. The first-order valence-electron chi connectivity index (χ1n) is 12.9. The van der Waals surface area contributed by atoms with Crippen molar-refractivity contribution in [2.24, 2.45) is 5.73 Å². The van der Waals surface area contributed by atoms with E-state index >= 15 is 0 Å². The number of anilines is 1. The maximum absolute atomic E-state index is 14.0. The fraction of sp³-hybridized carbons (Fsp3) is 0.286. The fourth-order valence-electron chi connectivity index (χ4n) is 3.87. The molecule has 0 fully saturated rings. The Bertz CT molecular complexity index is 1370. The highest BCUT2D eigenvalue weighted by Gasteiger charge is 2.24. The van der Waals surface area contributed by atoms with Gasteiger partial charge in [0.25, 0.3) is 24.3 Å². The number of nitrogens with two attached hydrogens (primary N) is 1. The maximum Gasteiger partial charge on any atom is 0.272 e. The largest absolute Gasteiger partial charge is 0.490 e. The van der Waals surface area contributed by atoms with Gasteiger partial charge in [-0.25, -0.2) is 4.39 Å². The third kappa shape index (κ3) is 11.0. The van der Waals surface area contributed by atoms with E-state index in [-0.39, 0.29) is 17.5 Å². The van der Waals surface area contributed by atoms with Crippen molar-refractivity contribution < 1.29 is 31.2 Å². The Labute approximate surface area is 252 Å². The fourth-order valence-corrected chi connectivity index (χ4v) is 3.87. The van der Waals surface area contributed by atoms with E-state index < -0.39 is 36.2 Å². The van der Waals surface area contributed by atoms with Gasteiger partial charge >= 0.3 is 0 Å². The molecule has 0 spiro atoms. The number of carbonyl (C=O) groups is 2. The molecule has 2 unspecified atom stereocenters. The van der Waals surface area contributed by atoms with Crippen LogP contribution in [-0.4, -0.2) is 60.9 Å². The third-order valence-electron chi connectivity index (χ3n) is 5.64. The number of benzene rings is 2. The van der Waals surface area contributed by atoms with Gasteiger partial charge in [0, 0.05) is 24.0 Å². The van der Waals surface area contributed by atoms with Crippen molar-refractivity contribution in [2.45, 2.75) is 26.0 Å². The molecule has 0 saturated heterocycles. The molecule has 1 aromatic heterocycles. The number of amides is 2. The lowest BCUT2D eigenvalue weighted by Gasteiger charge is -2.23. The van der Waals surface area contributed by atoms with Crippen LogP contribution >= 0.6 is 12.5 Å². The first-order chi connectivity index (χ1) is 20.5. The Morgan fingerprint density at radius 2 is 1.77 bits per heavy atom. The van der Waals surface area contributed by atoms with Gasteiger partial charge in [-0.1, -0.05) is 6.07 Å². The van der Waals surface area contributed by atoms with Crippen LogP contribution in [0, 0.1) is 11.2 Å². The number of hydrazine groups is 1. The second kappa shape index (κ2) is 17.5. The standard InChI is InChI=1S/C28H34FN7O4.F2S/c1-5-39-24-14-19(8-11-23(24)40-17(2)16-36(3)4)25(33-20-9-6-18(7-10-20)26(30)31)28(38)35-34-27(37)21-12-13-32-15-22(21)29;1-3-2/h6-15,17,25,33H,5,16H2,1-4H3,(H3,30,31)(H,34,37)(H,35,38);. The summed E-state index contributed by atoms with van der Waals surface area (Å²) in [5.41, 5.74) is 11.5. The minimum Gasteiger partial charge on any atom is -0.490 e. The van der Waals surface area contributed by atoms with Crippen LogP contribution in [0.1, 0.15) is 41.4 Å². The van der Waals surface area contributed by atoms with Crippen molar-refractivity contribution in [3.8, 4) is 11.5 Å². The Balaban J connectivity index is 0.00000206. The van der Waals surface area contributed by atoms with Gasteiger partial charge in [-0.3, -0.25) is 30.8 Å². The van der Waals surface area contributed by atoms with E-state index in [9.17, 15) is 21.8 Å². The number of ether oxygens (including phenoxy) is 2. The first-order valence-corrected chi connectivity index (χ1v) is 13.5. The van der Waals surface area contributed by atoms with E-state index in [1.165, 1.54) is 12.3 Å². The lowest BCUT2D eigenvalue weighted by Crippen LogP contribution is -2.45. The molecule has 2 aromatic carbocycles. The lowest BCUT2D eigenvalue weighted by molar-refractivity contribution is -0.122. The summed E-state index contributed by atoms with van der Waals surface area (Å²) in [6, 6.07) is 11.9. The monoisotopic (exact) mass is 621 g/mol. The topological polar surface area (TPSA) is 155 Å². The predicted molar refractivity (Wildman–Crippen MR) is 160 cm³/mol. The highest BCUT2D eigenvalue weighted by Crippen LogP contribution is 2.33. The zero-order valence-corrected chi connectivity index (χ0v) is 24.8. The molecule has 0 bridgehead atoms. The molecule has 1 heterocycles. The number of hydrogen-bond donors (Lipinski definition) is 5. The van der Waals surface area contributed by atoms with E-state index in [2.05, 4.69) is 21.2 Å². The molecule has 0 radical (unpaired) electrons. The van der Waals surface area contributed by atoms with Crippen molar-refractivity contribution >= 4 is 35.9 Å². The number of carbonyl (C=O) groups excluding carboxylic acids is 2. The molecule has 0 aliphatic rings. The van der Waals surface area contributed by atoms with Gasteiger partial charge in [-0.05, 0) is 76.0 Å². The van der Waals surface area contributed by atoms with Gasteiger partial charge in [-0.15, -0.1) is 7.77 Å². The molecular formula is C28H34F3N7O4S. The number of nitrogens with one attached hydrogen (secondary N) is 4. The van der Waals surface area contributed by atoms with E-state index in [0.717, 1.165) is 6.20 Å². The van der Waals surface area contributed by atoms with Gasteiger partial charge in [0.15, 0.2) is 17.3 Å². The third-order valence-corrected chi connectivity index (χ3v) is 5.64. The number of aromatic nitrogens is 1. The number of hydrogen-bond acceptors (Lipinski definition) is 9. The number of nitrogens with zero attached hydrogens (tertiary/aromatic N) is 2. The van der Waals surface area contributed by atoms with Gasteiger partial charge < -0.3 is 25.4 Å². The molecule has 15 heteroatoms. The van der Waals surface area contributed by atoms with Crippen LogP contribution in [0.3, 0.4) is 0 Å². The van der Waals surface area contributed by atoms with Gasteiger partial charge in [0.05, 0.1) is 18.4 Å². The molecule has 232 valence electrons. The number of nitrogen functional groups attached to an aromatic ring is 1. The molecule has 6 N–H and O–H groups in total. The number of likely N-dealkylation sites (N-methyl/N-ethyl adjacent to an activating group) is 1. The lowest BCUT2D eigenvalue weighted by atomic mass is 10.0. The summed E-state index contributed by atoms with van der Waals surface area (Å²) in [6.07, 6.45) is 2.05. The van der Waals surface area contributed by atoms with E-state index in [1.807, 2.05) is 32.8 Å². The predicted octanol–water partition coefficient (Wildman–Crippen LogP) is 4.34. The van der Waals surface area contributed by atoms with Crippen LogP contribution < -0.4 is 31.4 Å². The summed E-state index contributed by atoms with van der Waals surface area (Å²) in [6.45, 7) is 4.84. The van der Waals surface area contributed by atoms with Crippen LogP contribution in [0.4, 0.5) is 17.8 Å². The van der Waals surface area contributed by atoms with Crippen LogP contribution in [0.15, 0.2) is 60.9 Å². The van der Waals surface area contributed by atoms with E-state index in [0.29, 0.717) is 41.5 Å². The summed E-state index contributed by atoms with van der Waals surface area (Å²) in [4.78, 5) is 31.5. The van der Waals surface area contributed by atoms with Crippen LogP contribution in [0.25, 0.3) is 0 Å². The first kappa shape index (κ1) is 34.7. The number of pyridine rings is 1. The molecule has 0 saturated carbocycles. The second-order valence-electron chi connectivity index (χ2n) is 9.26. The Morgan fingerprint density at radius 3 is 2.35 bits per heavy atom. The van der Waals surface area contributed by atoms with Crippen LogP contribution in [-0.2, 0) is 4.79 Å². The maximum atomic E-state index is 14.0. The molecule has 2 atom stereocenters. The van der Waals surface area contributed by atoms with Crippen molar-refractivity contribution in [1.82, 2.24) is 20.7 Å². The smallest absolute Gasteiger partial charge is 0.272 e. The quantitative estimate of drug-likeness (QED) is 0.113. The van der Waals surface area contributed by atoms with Crippen LogP contribution in [0.2, 0.25) is 0 Å². The molecule has 43 heavy (non-hydrogen) atoms. The average molecular weight is 622 g/mol. The molecular weight excluding hydrogens is 587 g/mol. The van der Waals surface area contributed by atoms with Crippen molar-refractivity contribution in [3.05, 3.63) is 83.4 Å². The number of rotatable bonds is 12. The van der Waals surface area contributed by atoms with Crippen molar-refractivity contribution in [2.75, 3.05) is 32.6 Å². The molecule has 3 rings (SSSR count). The zero-order valence-electron chi connectivity index (χ0n) is 24.0. The van der Waals surface area contributed by atoms with E-state index in [1.54, 1.807) is 42.5 Å². The Hall–Kier alpha value is -4.50. The van der Waals surface area contributed by atoms with E-state index in [4.69, 9.17) is 20.6 Å². The second-order valence-corrected chi connectivity index (χ2v) is 9.37. The molecule has 0 aliphatic carbocycles. The molecule has 3 aromatic rings. The number of amidine groups is 1. The summed E-state index contributed by atoms with van der Waals surface area (Å²) in [5.74, 6) is -1.42. The summed E-state index contributed by atoms with van der Waals surface area (Å²) >= 11 is -1.25. The van der Waals surface area contributed by atoms with Gasteiger partial charge in [-0.2, -0.15) is 0 Å². The summed E-state index contributed by atoms with van der Waals surface area (Å²) < 4.78 is 45.0. The highest BCUT2D eigenvalue weighted by atomic mass is 32.2. The molecule has 0 aliphatic heterocycles. The highest BCUT2D eigenvalue weighted by molar-refractivity contribution is 7.89. The minimum absolute atomic E-state index is 0.0904. The van der Waals surface area contributed by atoms with Gasteiger partial charge in [0.2, 0.25) is 0 Å². The summed E-state index contributed by atoms with van der Waals surface area (Å²) in [5, 5.41) is 10.7. The normalized spacial score (nSPS) is 11.8. The van der Waals surface area contributed by atoms with Crippen molar-refractivity contribution in [1.29, 1.82) is 5.41 Å². The Morgan fingerprint density at radius 1 is 1.09 bits per heavy atom. The van der Waals surface area contributed by atoms with Gasteiger partial charge in [0.1, 0.15) is 18.0 Å².